The van der Waals surface area contributed by atoms with E-state index in [0.717, 1.165) is 22.6 Å². The number of benzene rings is 1. The van der Waals surface area contributed by atoms with Gasteiger partial charge in [-0.3, -0.25) is 0 Å². The Morgan fingerprint density at radius 3 is 1.72 bits per heavy atom. The van der Waals surface area contributed by atoms with E-state index in [2.05, 4.69) is 4.74 Å². The SMILES string of the molecule is Nc1c(I)cc(C(F)(C(F)(F)F)C(F)(F)C(F)(F)F)cc1OC(F)F. The Bertz CT molecular complexity index is 642. The van der Waals surface area contributed by atoms with Crippen LogP contribution in [0.25, 0.3) is 0 Å². The molecule has 2 N–H and O–H groups in total. The molecule has 25 heavy (non-hydrogen) atoms. The van der Waals surface area contributed by atoms with Gasteiger partial charge in [0.05, 0.1) is 5.69 Å². The third-order valence-corrected chi connectivity index (χ3v) is 3.78. The molecule has 0 aromatic heterocycles. The van der Waals surface area contributed by atoms with E-state index in [4.69, 9.17) is 5.73 Å². The van der Waals surface area contributed by atoms with Crippen molar-refractivity contribution in [2.45, 2.75) is 30.6 Å². The van der Waals surface area contributed by atoms with E-state index in [1.807, 2.05) is 0 Å². The minimum atomic E-state index is -6.94. The highest BCUT2D eigenvalue weighted by atomic mass is 127. The molecule has 0 radical (unpaired) electrons. The van der Waals surface area contributed by atoms with Crippen LogP contribution in [0.5, 0.6) is 5.75 Å². The van der Waals surface area contributed by atoms with Crippen molar-refractivity contribution in [3.8, 4) is 5.75 Å². The second kappa shape index (κ2) is 6.50. The number of anilines is 1. The summed E-state index contributed by atoms with van der Waals surface area (Å²) in [6.45, 7) is -3.71. The van der Waals surface area contributed by atoms with E-state index in [0.29, 0.717) is 0 Å². The Kier molecular flexibility index (Phi) is 5.67. The van der Waals surface area contributed by atoms with Crippen LogP contribution in [0.2, 0.25) is 0 Å². The third kappa shape index (κ3) is 3.67. The average molecular weight is 503 g/mol. The minimum absolute atomic E-state index is 0.0681. The summed E-state index contributed by atoms with van der Waals surface area (Å²) in [7, 11) is 0. The molecule has 0 fully saturated rings. The van der Waals surface area contributed by atoms with E-state index in [1.54, 1.807) is 0 Å². The molecule has 0 bridgehead atoms. The van der Waals surface area contributed by atoms with E-state index >= 15 is 0 Å². The molecule has 0 saturated heterocycles. The second-order valence-corrected chi connectivity index (χ2v) is 5.64. The molecule has 2 nitrogen and oxygen atoms in total. The van der Waals surface area contributed by atoms with Gasteiger partial charge in [-0.05, 0) is 34.7 Å². The first-order valence-corrected chi connectivity index (χ1v) is 6.79. The summed E-state index contributed by atoms with van der Waals surface area (Å²) < 4.78 is 144. The largest absolute Gasteiger partial charge is 0.457 e. The molecule has 0 heterocycles. The molecule has 0 amide bonds. The molecule has 0 saturated carbocycles. The summed E-state index contributed by atoms with van der Waals surface area (Å²) >= 11 is 1.03. The molecule has 0 aliphatic carbocycles. The van der Waals surface area contributed by atoms with E-state index in [-0.39, 0.29) is 12.1 Å². The van der Waals surface area contributed by atoms with Crippen LogP contribution in [-0.2, 0) is 5.67 Å². The lowest BCUT2D eigenvalue weighted by atomic mass is 9.87. The smallest absolute Gasteiger partial charge is 0.433 e. The van der Waals surface area contributed by atoms with Crippen LogP contribution in [0.4, 0.5) is 54.0 Å². The third-order valence-electron chi connectivity index (χ3n) is 2.88. The van der Waals surface area contributed by atoms with E-state index in [9.17, 15) is 48.3 Å². The van der Waals surface area contributed by atoms with Crippen molar-refractivity contribution in [3.63, 3.8) is 0 Å². The number of ether oxygens (including phenoxy) is 1. The maximum absolute atomic E-state index is 14.3. The highest BCUT2D eigenvalue weighted by Crippen LogP contribution is 2.59. The maximum Gasteiger partial charge on any atom is 0.457 e. The van der Waals surface area contributed by atoms with E-state index in [1.165, 1.54) is 0 Å². The van der Waals surface area contributed by atoms with Crippen molar-refractivity contribution < 1.29 is 53.0 Å². The minimum Gasteiger partial charge on any atom is -0.433 e. The molecule has 14 heteroatoms. The first-order valence-electron chi connectivity index (χ1n) is 5.71. The Morgan fingerprint density at radius 2 is 1.36 bits per heavy atom. The molecule has 144 valence electrons. The number of rotatable bonds is 4. The average Bonchev–Trinajstić information content (AvgIpc) is 2.39. The van der Waals surface area contributed by atoms with Crippen molar-refractivity contribution in [1.29, 1.82) is 0 Å². The molecule has 0 aliphatic rings. The van der Waals surface area contributed by atoms with Gasteiger partial charge in [-0.15, -0.1) is 0 Å². The van der Waals surface area contributed by atoms with Gasteiger partial charge in [-0.25, -0.2) is 4.39 Å². The number of halogens is 12. The van der Waals surface area contributed by atoms with Crippen LogP contribution in [0.3, 0.4) is 0 Å². The Hall–Kier alpha value is -1.22. The predicted molar refractivity (Wildman–Crippen MR) is 70.0 cm³/mol. The zero-order valence-corrected chi connectivity index (χ0v) is 13.4. The summed E-state index contributed by atoms with van der Waals surface area (Å²) in [4.78, 5) is 0. The van der Waals surface area contributed by atoms with Crippen LogP contribution in [0.15, 0.2) is 12.1 Å². The number of hydrogen-bond acceptors (Lipinski definition) is 2. The van der Waals surface area contributed by atoms with Crippen LogP contribution >= 0.6 is 22.6 Å². The standard InChI is InChI=1S/C11H5F11INO/c12-7(13)25-5-2-3(1-4(23)6(5)24)8(14,10(17,18)19)9(15,16)11(20,21)22/h1-2,7H,24H2. The first-order chi connectivity index (χ1) is 11.0. The normalized spacial score (nSPS) is 16.0. The fourth-order valence-corrected chi connectivity index (χ4v) is 2.30. The van der Waals surface area contributed by atoms with Crippen LogP contribution < -0.4 is 10.5 Å². The highest BCUT2D eigenvalue weighted by molar-refractivity contribution is 14.1. The maximum atomic E-state index is 14.3. The number of hydrogen-bond donors (Lipinski definition) is 1. The molecule has 0 aliphatic heterocycles. The van der Waals surface area contributed by atoms with Gasteiger partial charge in [-0.2, -0.15) is 43.9 Å². The van der Waals surface area contributed by atoms with Crippen LogP contribution in [-0.4, -0.2) is 24.9 Å². The highest BCUT2D eigenvalue weighted by Gasteiger charge is 2.81. The van der Waals surface area contributed by atoms with Crippen molar-refractivity contribution in [3.05, 3.63) is 21.3 Å². The van der Waals surface area contributed by atoms with Crippen LogP contribution in [0, 0.1) is 3.57 Å². The van der Waals surface area contributed by atoms with Crippen molar-refractivity contribution in [1.82, 2.24) is 0 Å². The Morgan fingerprint density at radius 1 is 0.880 bits per heavy atom. The van der Waals surface area contributed by atoms with Gasteiger partial charge >= 0.3 is 30.6 Å². The molecule has 1 rings (SSSR count). The van der Waals surface area contributed by atoms with Gasteiger partial charge in [0.15, 0.2) is 0 Å². The molecular weight excluding hydrogens is 498 g/mol. The lowest BCUT2D eigenvalue weighted by Gasteiger charge is -2.36. The first kappa shape index (κ1) is 21.8. The summed E-state index contributed by atoms with van der Waals surface area (Å²) in [5, 5.41) is 0. The summed E-state index contributed by atoms with van der Waals surface area (Å²) in [5.74, 6) is -8.32. The van der Waals surface area contributed by atoms with Crippen LogP contribution in [0.1, 0.15) is 5.56 Å². The van der Waals surface area contributed by atoms with Gasteiger partial charge in [0, 0.05) is 9.13 Å². The fourth-order valence-electron chi connectivity index (χ4n) is 1.70. The lowest BCUT2D eigenvalue weighted by molar-refractivity contribution is -0.389. The van der Waals surface area contributed by atoms with Gasteiger partial charge in [0.2, 0.25) is 0 Å². The quantitative estimate of drug-likeness (QED) is 0.340. The molecule has 1 unspecified atom stereocenters. The lowest BCUT2D eigenvalue weighted by Crippen LogP contribution is -2.59. The monoisotopic (exact) mass is 503 g/mol. The Labute approximate surface area is 145 Å². The molecule has 0 spiro atoms. The van der Waals surface area contributed by atoms with Gasteiger partial charge in [0.1, 0.15) is 5.75 Å². The number of nitrogen functional groups attached to an aromatic ring is 1. The number of nitrogens with two attached hydrogens (primary N) is 1. The van der Waals surface area contributed by atoms with Crippen molar-refractivity contribution in [2.24, 2.45) is 0 Å². The zero-order valence-electron chi connectivity index (χ0n) is 11.3. The van der Waals surface area contributed by atoms with Gasteiger partial charge in [0.25, 0.3) is 0 Å². The van der Waals surface area contributed by atoms with Gasteiger partial charge in [-0.1, -0.05) is 0 Å². The number of alkyl halides is 11. The molecule has 1 atom stereocenters. The van der Waals surface area contributed by atoms with Crippen molar-refractivity contribution >= 4 is 28.3 Å². The summed E-state index contributed by atoms with van der Waals surface area (Å²) in [5.41, 5.74) is -4.20. The fraction of sp³-hybridized carbons (Fsp3) is 0.455. The second-order valence-electron chi connectivity index (χ2n) is 4.48. The molecule has 1 aromatic carbocycles. The Balaban J connectivity index is 3.78. The predicted octanol–water partition coefficient (Wildman–Crippen LogP) is 5.40. The topological polar surface area (TPSA) is 35.2 Å². The van der Waals surface area contributed by atoms with Gasteiger partial charge < -0.3 is 10.5 Å². The summed E-state index contributed by atoms with van der Waals surface area (Å²) in [6, 6.07) is -0.446. The zero-order chi connectivity index (χ0) is 20.0. The van der Waals surface area contributed by atoms with Crippen molar-refractivity contribution in [2.75, 3.05) is 5.73 Å². The summed E-state index contributed by atoms with van der Waals surface area (Å²) in [6.07, 6.45) is -13.7. The molecule has 1 aromatic rings. The van der Waals surface area contributed by atoms with E-state index < -0.39 is 51.1 Å². The molecular formula is C11H5F11INO.